The Morgan fingerprint density at radius 2 is 0.967 bits per heavy atom. The van der Waals surface area contributed by atoms with Gasteiger partial charge >= 0.3 is 0 Å². The second kappa shape index (κ2) is 9.95. The van der Waals surface area contributed by atoms with Gasteiger partial charge in [0.1, 0.15) is 5.25 Å². The first-order valence-electron chi connectivity index (χ1n) is 9.98. The molecule has 0 radical (unpaired) electrons. The summed E-state index contributed by atoms with van der Waals surface area (Å²) in [5.74, 6) is -0.00670. The van der Waals surface area contributed by atoms with E-state index in [1.54, 1.807) is 11.8 Å². The molecule has 0 saturated heterocycles. The zero-order chi connectivity index (χ0) is 20.6. The van der Waals surface area contributed by atoms with E-state index in [1.807, 2.05) is 97.1 Å². The van der Waals surface area contributed by atoms with E-state index in [0.29, 0.717) is 0 Å². The number of carbonyl (C=O) groups is 1. The van der Waals surface area contributed by atoms with E-state index in [4.69, 9.17) is 0 Å². The molecule has 1 amide bonds. The van der Waals surface area contributed by atoms with Crippen LogP contribution in [0.5, 0.6) is 0 Å². The van der Waals surface area contributed by atoms with Gasteiger partial charge in [-0.05, 0) is 28.8 Å². The summed E-state index contributed by atoms with van der Waals surface area (Å²) < 4.78 is 0. The molecule has 3 heteroatoms. The fourth-order valence-electron chi connectivity index (χ4n) is 3.40. The van der Waals surface area contributed by atoms with E-state index in [-0.39, 0.29) is 17.2 Å². The Hall–Kier alpha value is -3.30. The van der Waals surface area contributed by atoms with Crippen LogP contribution in [0.1, 0.15) is 28.0 Å². The van der Waals surface area contributed by atoms with Crippen LogP contribution >= 0.6 is 11.8 Å². The van der Waals surface area contributed by atoms with Crippen molar-refractivity contribution in [3.8, 4) is 0 Å². The molecule has 4 rings (SSSR count). The standard InChI is InChI=1S/C27H23NOS/c29-27(26(23-17-9-3-10-18-23)30-24-19-11-4-12-20-24)28-25(21-13-5-1-6-14-21)22-15-7-2-8-16-22/h1-20,25-26H,(H,28,29)/t26-/m1/s1. The predicted octanol–water partition coefficient (Wildman–Crippen LogP) is 6.43. The summed E-state index contributed by atoms with van der Waals surface area (Å²) in [5, 5.41) is 2.96. The fraction of sp³-hybridized carbons (Fsp3) is 0.0741. The van der Waals surface area contributed by atoms with Crippen LogP contribution in [0.2, 0.25) is 0 Å². The van der Waals surface area contributed by atoms with E-state index >= 15 is 0 Å². The quantitative estimate of drug-likeness (QED) is 0.357. The minimum Gasteiger partial charge on any atom is -0.344 e. The smallest absolute Gasteiger partial charge is 0.238 e. The third kappa shape index (κ3) is 5.00. The van der Waals surface area contributed by atoms with Gasteiger partial charge in [0, 0.05) is 4.90 Å². The van der Waals surface area contributed by atoms with Crippen LogP contribution in [-0.2, 0) is 4.79 Å². The largest absolute Gasteiger partial charge is 0.344 e. The average molecular weight is 410 g/mol. The second-order valence-electron chi connectivity index (χ2n) is 6.98. The van der Waals surface area contributed by atoms with Crippen molar-refractivity contribution < 1.29 is 4.79 Å². The van der Waals surface area contributed by atoms with Crippen molar-refractivity contribution in [2.24, 2.45) is 0 Å². The van der Waals surface area contributed by atoms with Gasteiger partial charge in [-0.3, -0.25) is 4.79 Å². The lowest BCUT2D eigenvalue weighted by Gasteiger charge is -2.24. The highest BCUT2D eigenvalue weighted by Gasteiger charge is 2.25. The molecule has 0 fully saturated rings. The number of benzene rings is 4. The number of amides is 1. The average Bonchev–Trinajstić information content (AvgIpc) is 2.83. The van der Waals surface area contributed by atoms with E-state index in [9.17, 15) is 4.79 Å². The zero-order valence-corrected chi connectivity index (χ0v) is 17.3. The molecule has 1 N–H and O–H groups in total. The minimum atomic E-state index is -0.344. The van der Waals surface area contributed by atoms with Crippen LogP contribution in [0.4, 0.5) is 0 Å². The third-order valence-corrected chi connectivity index (χ3v) is 6.16. The van der Waals surface area contributed by atoms with Gasteiger partial charge in [-0.1, -0.05) is 109 Å². The Morgan fingerprint density at radius 1 is 0.567 bits per heavy atom. The summed E-state index contributed by atoms with van der Waals surface area (Å²) in [7, 11) is 0. The Morgan fingerprint density at radius 3 is 1.43 bits per heavy atom. The highest BCUT2D eigenvalue weighted by atomic mass is 32.2. The van der Waals surface area contributed by atoms with Crippen LogP contribution in [0.3, 0.4) is 0 Å². The maximum absolute atomic E-state index is 13.6. The van der Waals surface area contributed by atoms with Crippen LogP contribution in [0.15, 0.2) is 126 Å². The molecule has 0 aliphatic heterocycles. The van der Waals surface area contributed by atoms with Gasteiger partial charge in [0.15, 0.2) is 0 Å². The van der Waals surface area contributed by atoms with Crippen molar-refractivity contribution in [1.82, 2.24) is 5.32 Å². The van der Waals surface area contributed by atoms with E-state index in [0.717, 1.165) is 21.6 Å². The lowest BCUT2D eigenvalue weighted by molar-refractivity contribution is -0.121. The minimum absolute atomic E-state index is 0.00670. The van der Waals surface area contributed by atoms with E-state index in [2.05, 4.69) is 29.6 Å². The van der Waals surface area contributed by atoms with Crippen molar-refractivity contribution in [1.29, 1.82) is 0 Å². The highest BCUT2D eigenvalue weighted by Crippen LogP contribution is 2.36. The highest BCUT2D eigenvalue weighted by molar-refractivity contribution is 8.00. The van der Waals surface area contributed by atoms with Gasteiger partial charge in [0.05, 0.1) is 6.04 Å². The summed E-state index contributed by atoms with van der Waals surface area (Å²) in [6.07, 6.45) is 0. The Kier molecular flexibility index (Phi) is 6.63. The first-order valence-corrected chi connectivity index (χ1v) is 10.9. The van der Waals surface area contributed by atoms with Crippen molar-refractivity contribution in [3.05, 3.63) is 138 Å². The van der Waals surface area contributed by atoms with Gasteiger partial charge in [-0.15, -0.1) is 11.8 Å². The van der Waals surface area contributed by atoms with Crippen molar-refractivity contribution in [2.75, 3.05) is 0 Å². The number of carbonyl (C=O) groups excluding carboxylic acids is 1. The number of thioether (sulfide) groups is 1. The van der Waals surface area contributed by atoms with Crippen molar-refractivity contribution in [3.63, 3.8) is 0 Å². The molecular weight excluding hydrogens is 386 g/mol. The molecule has 148 valence electrons. The number of nitrogens with one attached hydrogen (secondary N) is 1. The predicted molar refractivity (Wildman–Crippen MR) is 124 cm³/mol. The summed E-state index contributed by atoms with van der Waals surface area (Å²) in [4.78, 5) is 14.6. The Labute approximate surface area is 182 Å². The lowest BCUT2D eigenvalue weighted by Crippen LogP contribution is -2.32. The summed E-state index contributed by atoms with van der Waals surface area (Å²) >= 11 is 1.57. The molecule has 0 heterocycles. The Balaban J connectivity index is 1.65. The molecule has 0 aliphatic rings. The maximum Gasteiger partial charge on any atom is 0.238 e. The van der Waals surface area contributed by atoms with E-state index in [1.165, 1.54) is 0 Å². The summed E-state index contributed by atoms with van der Waals surface area (Å²) in [6.45, 7) is 0. The SMILES string of the molecule is O=C(NC(c1ccccc1)c1ccccc1)[C@H](Sc1ccccc1)c1ccccc1. The van der Waals surface area contributed by atoms with Crippen LogP contribution in [-0.4, -0.2) is 5.91 Å². The molecule has 0 saturated carbocycles. The van der Waals surface area contributed by atoms with Gasteiger partial charge < -0.3 is 5.32 Å². The monoisotopic (exact) mass is 409 g/mol. The first kappa shape index (κ1) is 20.0. The number of hydrogen-bond donors (Lipinski definition) is 1. The molecule has 0 unspecified atom stereocenters. The van der Waals surface area contributed by atoms with E-state index < -0.39 is 0 Å². The molecule has 30 heavy (non-hydrogen) atoms. The topological polar surface area (TPSA) is 29.1 Å². The van der Waals surface area contributed by atoms with Gasteiger partial charge in [-0.2, -0.15) is 0 Å². The van der Waals surface area contributed by atoms with Crippen molar-refractivity contribution >= 4 is 17.7 Å². The van der Waals surface area contributed by atoms with Gasteiger partial charge in [0.25, 0.3) is 0 Å². The molecule has 1 atom stereocenters. The van der Waals surface area contributed by atoms with Crippen LogP contribution < -0.4 is 5.32 Å². The summed E-state index contributed by atoms with van der Waals surface area (Å²) in [5.41, 5.74) is 3.12. The number of rotatable bonds is 7. The molecule has 0 bridgehead atoms. The molecule has 4 aromatic carbocycles. The molecular formula is C27H23NOS. The van der Waals surface area contributed by atoms with Crippen LogP contribution in [0.25, 0.3) is 0 Å². The summed E-state index contributed by atoms with van der Waals surface area (Å²) in [6, 6.07) is 40.0. The molecule has 4 aromatic rings. The molecule has 0 aromatic heterocycles. The third-order valence-electron chi connectivity index (χ3n) is 4.89. The zero-order valence-electron chi connectivity index (χ0n) is 16.5. The molecule has 0 aliphatic carbocycles. The van der Waals surface area contributed by atoms with Crippen molar-refractivity contribution in [2.45, 2.75) is 16.2 Å². The number of hydrogen-bond acceptors (Lipinski definition) is 2. The normalized spacial score (nSPS) is 11.8. The first-order chi connectivity index (χ1) is 14.8. The molecule has 0 spiro atoms. The lowest BCUT2D eigenvalue weighted by atomic mass is 9.98. The maximum atomic E-state index is 13.6. The van der Waals surface area contributed by atoms with Crippen LogP contribution in [0, 0.1) is 0 Å². The Bertz CT molecular complexity index is 1010. The fourth-order valence-corrected chi connectivity index (χ4v) is 4.46. The molecule has 2 nitrogen and oxygen atoms in total. The van der Waals surface area contributed by atoms with Gasteiger partial charge in [0.2, 0.25) is 5.91 Å². The second-order valence-corrected chi connectivity index (χ2v) is 8.16. The van der Waals surface area contributed by atoms with Gasteiger partial charge in [-0.25, -0.2) is 0 Å².